The van der Waals surface area contributed by atoms with Crippen LogP contribution in [0.1, 0.15) is 29.4 Å². The number of amides is 1. The van der Waals surface area contributed by atoms with Crippen LogP contribution in [0.5, 0.6) is 0 Å². The summed E-state index contributed by atoms with van der Waals surface area (Å²) >= 11 is 0. The number of rotatable bonds is 7. The van der Waals surface area contributed by atoms with E-state index in [-0.39, 0.29) is 18.8 Å². The van der Waals surface area contributed by atoms with Crippen LogP contribution in [0.3, 0.4) is 0 Å². The fourth-order valence-electron chi connectivity index (χ4n) is 2.53. The van der Waals surface area contributed by atoms with Crippen molar-refractivity contribution in [2.75, 3.05) is 0 Å². The highest BCUT2D eigenvalue weighted by Crippen LogP contribution is 2.21. The van der Waals surface area contributed by atoms with Crippen LogP contribution < -0.4 is 5.32 Å². The molecule has 0 aliphatic heterocycles. The predicted octanol–water partition coefficient (Wildman–Crippen LogP) is 1.74. The van der Waals surface area contributed by atoms with Crippen LogP contribution >= 0.6 is 0 Å². The van der Waals surface area contributed by atoms with Gasteiger partial charge < -0.3 is 20.5 Å². The number of carboxylic acids is 1. The molecule has 1 atom stereocenters. The van der Waals surface area contributed by atoms with Crippen molar-refractivity contribution in [2.24, 2.45) is 0 Å². The normalized spacial score (nSPS) is 11.8. The molecule has 0 spiro atoms. The molecule has 0 bridgehead atoms. The van der Waals surface area contributed by atoms with E-state index in [1.807, 2.05) is 19.1 Å². The SMILES string of the molecule is Cc1ccccc1C(CC(=O)O)NC(=O)Cn1cc([N+](=O)[O-])nc1C. The molecule has 9 heteroatoms. The third-order valence-corrected chi connectivity index (χ3v) is 3.74. The zero-order valence-electron chi connectivity index (χ0n) is 13.8. The van der Waals surface area contributed by atoms with E-state index in [1.165, 1.54) is 10.8 Å². The smallest absolute Gasteiger partial charge is 0.381 e. The first-order valence-corrected chi connectivity index (χ1v) is 7.52. The fourth-order valence-corrected chi connectivity index (χ4v) is 2.53. The molecule has 0 saturated heterocycles. The van der Waals surface area contributed by atoms with Gasteiger partial charge in [-0.1, -0.05) is 24.3 Å². The minimum absolute atomic E-state index is 0.186. The van der Waals surface area contributed by atoms with Crippen molar-refractivity contribution >= 4 is 17.7 Å². The Hall–Kier alpha value is -3.23. The first kappa shape index (κ1) is 18.1. The number of benzene rings is 1. The minimum atomic E-state index is -1.04. The molecular weight excluding hydrogens is 328 g/mol. The summed E-state index contributed by atoms with van der Waals surface area (Å²) in [5.41, 5.74) is 1.58. The van der Waals surface area contributed by atoms with Gasteiger partial charge in [0, 0.05) is 6.92 Å². The van der Waals surface area contributed by atoms with Crippen LogP contribution in [-0.4, -0.2) is 31.5 Å². The molecule has 0 saturated carbocycles. The van der Waals surface area contributed by atoms with Gasteiger partial charge in [0.1, 0.15) is 12.7 Å². The summed E-state index contributed by atoms with van der Waals surface area (Å²) in [6.07, 6.45) is 0.911. The number of carboxylic acid groups (broad SMARTS) is 1. The standard InChI is InChI=1S/C16H18N4O5/c1-10-5-3-4-6-12(10)13(7-16(22)23)18-15(21)9-19-8-14(20(24)25)17-11(19)2/h3-6,8,13H,7,9H2,1-2H3,(H,18,21)(H,22,23). The molecular formula is C16H18N4O5. The lowest BCUT2D eigenvalue weighted by atomic mass is 9.99. The van der Waals surface area contributed by atoms with Crippen molar-refractivity contribution in [1.29, 1.82) is 0 Å². The third-order valence-electron chi connectivity index (χ3n) is 3.74. The molecule has 1 unspecified atom stereocenters. The van der Waals surface area contributed by atoms with Crippen molar-refractivity contribution in [3.8, 4) is 0 Å². The van der Waals surface area contributed by atoms with Crippen molar-refractivity contribution in [3.63, 3.8) is 0 Å². The highest BCUT2D eigenvalue weighted by molar-refractivity contribution is 5.77. The largest absolute Gasteiger partial charge is 0.481 e. The number of aromatic nitrogens is 2. The topological polar surface area (TPSA) is 127 Å². The van der Waals surface area contributed by atoms with Gasteiger partial charge in [-0.25, -0.2) is 0 Å². The second-order valence-corrected chi connectivity index (χ2v) is 5.61. The lowest BCUT2D eigenvalue weighted by Crippen LogP contribution is -2.33. The molecule has 1 amide bonds. The van der Waals surface area contributed by atoms with Gasteiger partial charge in [-0.3, -0.25) is 14.2 Å². The number of carbonyl (C=O) groups is 2. The van der Waals surface area contributed by atoms with E-state index in [9.17, 15) is 19.7 Å². The molecule has 1 aromatic heterocycles. The number of imidazole rings is 1. The minimum Gasteiger partial charge on any atom is -0.481 e. The van der Waals surface area contributed by atoms with Gasteiger partial charge >= 0.3 is 11.8 Å². The summed E-state index contributed by atoms with van der Waals surface area (Å²) in [6, 6.07) is 6.50. The Balaban J connectivity index is 2.16. The van der Waals surface area contributed by atoms with Crippen LogP contribution in [0.4, 0.5) is 5.82 Å². The van der Waals surface area contributed by atoms with Gasteiger partial charge in [0.25, 0.3) is 0 Å². The Labute approximate surface area is 143 Å². The zero-order chi connectivity index (χ0) is 18.6. The maximum absolute atomic E-state index is 12.3. The summed E-state index contributed by atoms with van der Waals surface area (Å²) in [7, 11) is 0. The number of nitro groups is 1. The number of nitrogens with zero attached hydrogens (tertiary/aromatic N) is 3. The molecule has 0 aliphatic rings. The molecule has 1 aromatic carbocycles. The maximum Gasteiger partial charge on any atom is 0.381 e. The molecule has 0 fully saturated rings. The molecule has 0 radical (unpaired) electrons. The Morgan fingerprint density at radius 3 is 2.60 bits per heavy atom. The quantitative estimate of drug-likeness (QED) is 0.580. The molecule has 0 aliphatic carbocycles. The summed E-state index contributed by atoms with van der Waals surface area (Å²) in [4.78, 5) is 37.3. The molecule has 2 aromatic rings. The van der Waals surface area contributed by atoms with Gasteiger partial charge in [-0.2, -0.15) is 0 Å². The molecule has 2 rings (SSSR count). The lowest BCUT2D eigenvalue weighted by Gasteiger charge is -2.19. The van der Waals surface area contributed by atoms with Gasteiger partial charge in [0.2, 0.25) is 11.7 Å². The highest BCUT2D eigenvalue weighted by Gasteiger charge is 2.22. The van der Waals surface area contributed by atoms with Crippen LogP contribution in [0, 0.1) is 24.0 Å². The first-order valence-electron chi connectivity index (χ1n) is 7.52. The van der Waals surface area contributed by atoms with Crippen LogP contribution in [0.15, 0.2) is 30.5 Å². The Morgan fingerprint density at radius 2 is 2.04 bits per heavy atom. The van der Waals surface area contributed by atoms with E-state index < -0.39 is 22.8 Å². The van der Waals surface area contributed by atoms with E-state index in [1.54, 1.807) is 19.1 Å². The van der Waals surface area contributed by atoms with Gasteiger partial charge in [-0.05, 0) is 28.0 Å². The first-order chi connectivity index (χ1) is 11.8. The third kappa shape index (κ3) is 4.63. The van der Waals surface area contributed by atoms with E-state index in [0.717, 1.165) is 5.56 Å². The molecule has 1 heterocycles. The monoisotopic (exact) mass is 346 g/mol. The van der Waals surface area contributed by atoms with Crippen molar-refractivity contribution < 1.29 is 19.6 Å². The average Bonchev–Trinajstić information content (AvgIpc) is 2.88. The average molecular weight is 346 g/mol. The summed E-state index contributed by atoms with van der Waals surface area (Å²) < 4.78 is 1.35. The van der Waals surface area contributed by atoms with E-state index >= 15 is 0 Å². The van der Waals surface area contributed by atoms with Crippen molar-refractivity contribution in [2.45, 2.75) is 32.9 Å². The number of aliphatic carboxylic acids is 1. The Morgan fingerprint density at radius 1 is 1.36 bits per heavy atom. The van der Waals surface area contributed by atoms with Gasteiger partial charge in [0.05, 0.1) is 12.5 Å². The summed E-state index contributed by atoms with van der Waals surface area (Å²) in [5.74, 6) is -1.51. The van der Waals surface area contributed by atoms with E-state index in [0.29, 0.717) is 11.4 Å². The predicted molar refractivity (Wildman–Crippen MR) is 87.9 cm³/mol. The number of carbonyl (C=O) groups excluding carboxylic acids is 1. The number of nitrogens with one attached hydrogen (secondary N) is 1. The molecule has 132 valence electrons. The van der Waals surface area contributed by atoms with E-state index in [2.05, 4.69) is 10.3 Å². The van der Waals surface area contributed by atoms with Crippen molar-refractivity contribution in [1.82, 2.24) is 14.9 Å². The van der Waals surface area contributed by atoms with Crippen LogP contribution in [0.25, 0.3) is 0 Å². The summed E-state index contributed by atoms with van der Waals surface area (Å²) in [6.45, 7) is 3.20. The molecule has 2 N–H and O–H groups in total. The Kier molecular flexibility index (Phi) is 5.48. The number of hydrogen-bond acceptors (Lipinski definition) is 5. The second kappa shape index (κ2) is 7.56. The highest BCUT2D eigenvalue weighted by atomic mass is 16.6. The molecule has 25 heavy (non-hydrogen) atoms. The van der Waals surface area contributed by atoms with Gasteiger partial charge in [0.15, 0.2) is 0 Å². The summed E-state index contributed by atoms with van der Waals surface area (Å²) in [5, 5.41) is 22.5. The number of aryl methyl sites for hydroxylation is 2. The van der Waals surface area contributed by atoms with Gasteiger partial charge in [-0.15, -0.1) is 0 Å². The Bertz CT molecular complexity index is 815. The lowest BCUT2D eigenvalue weighted by molar-refractivity contribution is -0.389. The molecule has 9 nitrogen and oxygen atoms in total. The van der Waals surface area contributed by atoms with Crippen LogP contribution in [0.2, 0.25) is 0 Å². The number of hydrogen-bond donors (Lipinski definition) is 2. The van der Waals surface area contributed by atoms with Crippen LogP contribution in [-0.2, 0) is 16.1 Å². The second-order valence-electron chi connectivity index (χ2n) is 5.61. The zero-order valence-corrected chi connectivity index (χ0v) is 13.8. The van der Waals surface area contributed by atoms with E-state index in [4.69, 9.17) is 5.11 Å². The maximum atomic E-state index is 12.3. The van der Waals surface area contributed by atoms with Crippen molar-refractivity contribution in [3.05, 3.63) is 57.5 Å². The fraction of sp³-hybridized carbons (Fsp3) is 0.312.